The Morgan fingerprint density at radius 3 is 2.57 bits per heavy atom. The predicted octanol–water partition coefficient (Wildman–Crippen LogP) is 4.32. The van der Waals surface area contributed by atoms with Crippen LogP contribution in [0.1, 0.15) is 24.2 Å². The van der Waals surface area contributed by atoms with Crippen molar-refractivity contribution < 1.29 is 28.2 Å². The molecular formula is C20H21ClFNO5. The summed E-state index contributed by atoms with van der Waals surface area (Å²) in [7, 11) is 1.46. The SMILES string of the molecule is COc1cc(C(=O)OCC(=O)Nc2cc(Cl)ccc2F)ccc1OCC(C)C. The third-order valence-corrected chi connectivity index (χ3v) is 3.74. The van der Waals surface area contributed by atoms with Crippen LogP contribution in [0.4, 0.5) is 10.1 Å². The highest BCUT2D eigenvalue weighted by molar-refractivity contribution is 6.30. The molecule has 2 rings (SSSR count). The van der Waals surface area contributed by atoms with Gasteiger partial charge in [-0.2, -0.15) is 0 Å². The van der Waals surface area contributed by atoms with E-state index in [0.717, 1.165) is 6.07 Å². The standard InChI is InChI=1S/C20H21ClFNO5/c1-12(2)10-27-17-7-4-13(8-18(17)26-3)20(25)28-11-19(24)23-16-9-14(21)5-6-15(16)22/h4-9,12H,10-11H2,1-3H3,(H,23,24). The van der Waals surface area contributed by atoms with Gasteiger partial charge in [0.25, 0.3) is 5.91 Å². The molecule has 0 radical (unpaired) electrons. The van der Waals surface area contributed by atoms with Gasteiger partial charge < -0.3 is 19.5 Å². The first kappa shape index (κ1) is 21.5. The van der Waals surface area contributed by atoms with Crippen molar-refractivity contribution >= 4 is 29.2 Å². The molecule has 0 aliphatic rings. The third-order valence-electron chi connectivity index (χ3n) is 3.51. The van der Waals surface area contributed by atoms with Crippen LogP contribution in [0.3, 0.4) is 0 Å². The lowest BCUT2D eigenvalue weighted by molar-refractivity contribution is -0.119. The molecule has 0 bridgehead atoms. The van der Waals surface area contributed by atoms with Crippen molar-refractivity contribution in [2.45, 2.75) is 13.8 Å². The van der Waals surface area contributed by atoms with Crippen molar-refractivity contribution in [3.05, 3.63) is 52.8 Å². The van der Waals surface area contributed by atoms with Crippen molar-refractivity contribution in [2.24, 2.45) is 5.92 Å². The van der Waals surface area contributed by atoms with E-state index in [4.69, 9.17) is 25.8 Å². The van der Waals surface area contributed by atoms with E-state index in [9.17, 15) is 14.0 Å². The number of esters is 1. The van der Waals surface area contributed by atoms with Crippen LogP contribution < -0.4 is 14.8 Å². The van der Waals surface area contributed by atoms with Gasteiger partial charge in [0.05, 0.1) is 25.0 Å². The van der Waals surface area contributed by atoms with E-state index < -0.39 is 24.3 Å². The molecule has 6 nitrogen and oxygen atoms in total. The van der Waals surface area contributed by atoms with Crippen LogP contribution in [0.15, 0.2) is 36.4 Å². The number of carbonyl (C=O) groups is 2. The first-order chi connectivity index (χ1) is 13.3. The zero-order chi connectivity index (χ0) is 20.7. The Kier molecular flexibility index (Phi) is 7.63. The first-order valence-corrected chi connectivity index (χ1v) is 8.90. The fraction of sp³-hybridized carbons (Fsp3) is 0.300. The number of carbonyl (C=O) groups excluding carboxylic acids is 2. The summed E-state index contributed by atoms with van der Waals surface area (Å²) < 4.78 is 29.4. The van der Waals surface area contributed by atoms with E-state index in [0.29, 0.717) is 24.0 Å². The van der Waals surface area contributed by atoms with Crippen molar-refractivity contribution in [1.82, 2.24) is 0 Å². The minimum Gasteiger partial charge on any atom is -0.493 e. The third kappa shape index (κ3) is 6.13. The van der Waals surface area contributed by atoms with Crippen LogP contribution in [0.25, 0.3) is 0 Å². The number of benzene rings is 2. The molecule has 28 heavy (non-hydrogen) atoms. The van der Waals surface area contributed by atoms with Gasteiger partial charge in [0.1, 0.15) is 5.82 Å². The summed E-state index contributed by atoms with van der Waals surface area (Å²) in [6.45, 7) is 3.94. The zero-order valence-electron chi connectivity index (χ0n) is 15.8. The molecule has 0 saturated heterocycles. The smallest absolute Gasteiger partial charge is 0.338 e. The highest BCUT2D eigenvalue weighted by Gasteiger charge is 2.15. The average molecular weight is 410 g/mol. The summed E-state index contributed by atoms with van der Waals surface area (Å²) in [4.78, 5) is 24.1. The first-order valence-electron chi connectivity index (χ1n) is 8.53. The lowest BCUT2D eigenvalue weighted by Crippen LogP contribution is -2.21. The number of nitrogens with one attached hydrogen (secondary N) is 1. The van der Waals surface area contributed by atoms with Crippen LogP contribution in [-0.4, -0.2) is 32.2 Å². The second kappa shape index (κ2) is 9.94. The van der Waals surface area contributed by atoms with Crippen LogP contribution >= 0.6 is 11.6 Å². The number of hydrogen-bond acceptors (Lipinski definition) is 5. The molecule has 0 aliphatic heterocycles. The van der Waals surface area contributed by atoms with E-state index in [-0.39, 0.29) is 16.3 Å². The Balaban J connectivity index is 1.96. The Morgan fingerprint density at radius 1 is 1.14 bits per heavy atom. The Hall–Kier alpha value is -2.80. The van der Waals surface area contributed by atoms with Gasteiger partial charge in [-0.3, -0.25) is 4.79 Å². The molecule has 0 aromatic heterocycles. The monoisotopic (exact) mass is 409 g/mol. The van der Waals surface area contributed by atoms with Gasteiger partial charge in [0.2, 0.25) is 0 Å². The summed E-state index contributed by atoms with van der Waals surface area (Å²) in [5.74, 6) is -0.862. The molecule has 1 amide bonds. The van der Waals surface area contributed by atoms with Crippen molar-refractivity contribution in [2.75, 3.05) is 25.6 Å². The number of hydrogen-bond donors (Lipinski definition) is 1. The molecule has 0 atom stereocenters. The van der Waals surface area contributed by atoms with Gasteiger partial charge in [0, 0.05) is 5.02 Å². The molecule has 1 N–H and O–H groups in total. The van der Waals surface area contributed by atoms with E-state index in [1.54, 1.807) is 6.07 Å². The highest BCUT2D eigenvalue weighted by atomic mass is 35.5. The number of rotatable bonds is 8. The fourth-order valence-electron chi connectivity index (χ4n) is 2.16. The summed E-state index contributed by atoms with van der Waals surface area (Å²) in [6.07, 6.45) is 0. The average Bonchev–Trinajstić information content (AvgIpc) is 2.67. The van der Waals surface area contributed by atoms with E-state index in [1.807, 2.05) is 13.8 Å². The fourth-order valence-corrected chi connectivity index (χ4v) is 2.34. The molecule has 0 unspecified atom stereocenters. The van der Waals surface area contributed by atoms with Crippen LogP contribution in [-0.2, 0) is 9.53 Å². The Morgan fingerprint density at radius 2 is 1.89 bits per heavy atom. The zero-order valence-corrected chi connectivity index (χ0v) is 16.5. The predicted molar refractivity (Wildman–Crippen MR) is 104 cm³/mol. The minimum atomic E-state index is -0.726. The number of methoxy groups -OCH3 is 1. The molecule has 0 saturated carbocycles. The molecule has 0 aliphatic carbocycles. The highest BCUT2D eigenvalue weighted by Crippen LogP contribution is 2.28. The lowest BCUT2D eigenvalue weighted by atomic mass is 10.2. The summed E-state index contributed by atoms with van der Waals surface area (Å²) >= 11 is 5.76. The Bertz CT molecular complexity index is 856. The molecule has 0 fully saturated rings. The van der Waals surface area contributed by atoms with E-state index >= 15 is 0 Å². The second-order valence-electron chi connectivity index (χ2n) is 6.32. The number of halogens is 2. The van der Waals surface area contributed by atoms with Crippen molar-refractivity contribution in [3.63, 3.8) is 0 Å². The van der Waals surface area contributed by atoms with E-state index in [2.05, 4.69) is 5.32 Å². The maximum Gasteiger partial charge on any atom is 0.338 e. The summed E-state index contributed by atoms with van der Waals surface area (Å²) in [5.41, 5.74) is 0.0948. The largest absolute Gasteiger partial charge is 0.493 e. The number of amides is 1. The molecule has 8 heteroatoms. The lowest BCUT2D eigenvalue weighted by Gasteiger charge is -2.13. The topological polar surface area (TPSA) is 73.9 Å². The molecule has 0 spiro atoms. The van der Waals surface area contributed by atoms with Gasteiger partial charge in [-0.1, -0.05) is 25.4 Å². The molecule has 2 aromatic rings. The van der Waals surface area contributed by atoms with Gasteiger partial charge >= 0.3 is 5.97 Å². The van der Waals surface area contributed by atoms with Crippen LogP contribution in [0.2, 0.25) is 5.02 Å². The minimum absolute atomic E-state index is 0.0955. The quantitative estimate of drug-likeness (QED) is 0.657. The summed E-state index contributed by atoms with van der Waals surface area (Å²) in [6, 6.07) is 8.31. The molecule has 2 aromatic carbocycles. The maximum atomic E-state index is 13.6. The van der Waals surface area contributed by atoms with E-state index in [1.165, 1.54) is 31.4 Å². The Labute approximate surface area is 167 Å². The molecular weight excluding hydrogens is 389 g/mol. The summed E-state index contributed by atoms with van der Waals surface area (Å²) in [5, 5.41) is 2.56. The van der Waals surface area contributed by atoms with Crippen molar-refractivity contribution in [1.29, 1.82) is 0 Å². The van der Waals surface area contributed by atoms with Gasteiger partial charge in [-0.05, 0) is 42.3 Å². The molecule has 150 valence electrons. The normalized spacial score (nSPS) is 10.5. The van der Waals surface area contributed by atoms with Crippen LogP contribution in [0, 0.1) is 11.7 Å². The van der Waals surface area contributed by atoms with Gasteiger partial charge in [-0.25, -0.2) is 9.18 Å². The van der Waals surface area contributed by atoms with Gasteiger partial charge in [0.15, 0.2) is 18.1 Å². The van der Waals surface area contributed by atoms with Crippen molar-refractivity contribution in [3.8, 4) is 11.5 Å². The van der Waals surface area contributed by atoms with Crippen LogP contribution in [0.5, 0.6) is 11.5 Å². The second-order valence-corrected chi connectivity index (χ2v) is 6.76. The number of ether oxygens (including phenoxy) is 3. The maximum absolute atomic E-state index is 13.6. The number of anilines is 1. The molecule has 0 heterocycles. The van der Waals surface area contributed by atoms with Gasteiger partial charge in [-0.15, -0.1) is 0 Å².